The van der Waals surface area contributed by atoms with E-state index in [1.807, 2.05) is 20.8 Å². The second-order valence-corrected chi connectivity index (χ2v) is 7.40. The molecule has 7 heteroatoms. The van der Waals surface area contributed by atoms with Gasteiger partial charge in [-0.2, -0.15) is 0 Å². The second-order valence-electron chi connectivity index (χ2n) is 6.08. The number of halogens is 2. The fourth-order valence-corrected chi connectivity index (χ4v) is 2.89. The maximum atomic E-state index is 12.5. The quantitative estimate of drug-likeness (QED) is 0.675. The Kier molecular flexibility index (Phi) is 5.50. The zero-order valence-electron chi connectivity index (χ0n) is 14.1. The molecule has 2 rings (SSSR count). The molecule has 5 nitrogen and oxygen atoms in total. The van der Waals surface area contributed by atoms with Crippen LogP contribution in [0, 0.1) is 0 Å². The predicted molar refractivity (Wildman–Crippen MR) is 97.3 cm³/mol. The van der Waals surface area contributed by atoms with Crippen LogP contribution >= 0.6 is 27.5 Å². The third-order valence-electron chi connectivity index (χ3n) is 3.12. The largest absolute Gasteiger partial charge is 0.497 e. The Labute approximate surface area is 154 Å². The Morgan fingerprint density at radius 1 is 1.17 bits per heavy atom. The van der Waals surface area contributed by atoms with E-state index in [0.29, 0.717) is 27.8 Å². The van der Waals surface area contributed by atoms with Crippen molar-refractivity contribution in [2.45, 2.75) is 26.4 Å². The van der Waals surface area contributed by atoms with Gasteiger partial charge in [-0.25, -0.2) is 4.79 Å². The molecule has 2 aromatic rings. The van der Waals surface area contributed by atoms with Crippen LogP contribution in [-0.4, -0.2) is 30.5 Å². The molecule has 130 valence electrons. The minimum atomic E-state index is -0.612. The summed E-state index contributed by atoms with van der Waals surface area (Å²) in [6, 6.07) is 5.15. The van der Waals surface area contributed by atoms with Crippen molar-refractivity contribution >= 4 is 33.6 Å². The summed E-state index contributed by atoms with van der Waals surface area (Å²) in [4.78, 5) is 12.5. The van der Waals surface area contributed by atoms with Gasteiger partial charge in [0.15, 0.2) is 0 Å². The molecule has 1 aromatic heterocycles. The van der Waals surface area contributed by atoms with E-state index in [4.69, 9.17) is 25.8 Å². The van der Waals surface area contributed by atoms with Crippen molar-refractivity contribution < 1.29 is 19.0 Å². The van der Waals surface area contributed by atoms with Gasteiger partial charge < -0.3 is 14.2 Å². The molecule has 0 aliphatic carbocycles. The molecular formula is C17H19BrClNO4. The fraction of sp³-hybridized carbons (Fsp3) is 0.353. The molecule has 0 radical (unpaired) electrons. The van der Waals surface area contributed by atoms with Gasteiger partial charge in [-0.05, 0) is 48.8 Å². The normalized spacial score (nSPS) is 11.3. The van der Waals surface area contributed by atoms with E-state index in [-0.39, 0.29) is 0 Å². The third kappa shape index (κ3) is 4.05. The first-order valence-corrected chi connectivity index (χ1v) is 8.36. The number of carbonyl (C=O) groups is 1. The van der Waals surface area contributed by atoms with Crippen molar-refractivity contribution in [1.82, 2.24) is 4.57 Å². The molecule has 0 amide bonds. The molecule has 0 N–H and O–H groups in total. The summed E-state index contributed by atoms with van der Waals surface area (Å²) in [6.45, 7) is 5.43. The van der Waals surface area contributed by atoms with Crippen molar-refractivity contribution in [1.29, 1.82) is 0 Å². The highest BCUT2D eigenvalue weighted by molar-refractivity contribution is 9.10. The van der Waals surface area contributed by atoms with E-state index in [0.717, 1.165) is 4.47 Å². The van der Waals surface area contributed by atoms with Crippen LogP contribution in [-0.2, 0) is 4.74 Å². The maximum absolute atomic E-state index is 12.5. The molecule has 0 atom stereocenters. The summed E-state index contributed by atoms with van der Waals surface area (Å²) >= 11 is 9.80. The lowest BCUT2D eigenvalue weighted by molar-refractivity contribution is 0.0540. The number of methoxy groups -OCH3 is 2. The molecular weight excluding hydrogens is 398 g/mol. The molecule has 0 unspecified atom stereocenters. The van der Waals surface area contributed by atoms with Gasteiger partial charge in [0.2, 0.25) is 0 Å². The van der Waals surface area contributed by atoms with Gasteiger partial charge in [0.25, 0.3) is 0 Å². The Morgan fingerprint density at radius 3 is 2.38 bits per heavy atom. The lowest BCUT2D eigenvalue weighted by Gasteiger charge is -2.21. The van der Waals surface area contributed by atoms with Gasteiger partial charge >= 0.3 is 6.09 Å². The Bertz CT molecular complexity index is 765. The number of carbonyl (C=O) groups excluding carboxylic acids is 1. The van der Waals surface area contributed by atoms with Crippen LogP contribution in [0.5, 0.6) is 11.5 Å². The summed E-state index contributed by atoms with van der Waals surface area (Å²) in [5, 5.41) is 0.404. The van der Waals surface area contributed by atoms with Crippen molar-refractivity contribution in [2.75, 3.05) is 14.2 Å². The molecule has 0 saturated heterocycles. The van der Waals surface area contributed by atoms with Crippen LogP contribution < -0.4 is 9.47 Å². The van der Waals surface area contributed by atoms with E-state index in [2.05, 4.69) is 15.9 Å². The molecule has 1 aromatic carbocycles. The van der Waals surface area contributed by atoms with Gasteiger partial charge in [0, 0.05) is 16.7 Å². The van der Waals surface area contributed by atoms with Crippen molar-refractivity contribution in [3.05, 3.63) is 33.9 Å². The average Bonchev–Trinajstić information content (AvgIpc) is 2.86. The first kappa shape index (κ1) is 18.7. The van der Waals surface area contributed by atoms with Crippen molar-refractivity contribution in [3.8, 4) is 22.8 Å². The highest BCUT2D eigenvalue weighted by atomic mass is 79.9. The van der Waals surface area contributed by atoms with Crippen LogP contribution in [0.15, 0.2) is 28.9 Å². The minimum Gasteiger partial charge on any atom is -0.497 e. The average molecular weight is 417 g/mol. The molecule has 0 spiro atoms. The van der Waals surface area contributed by atoms with Gasteiger partial charge in [0.05, 0.1) is 30.5 Å². The molecule has 24 heavy (non-hydrogen) atoms. The van der Waals surface area contributed by atoms with Gasteiger partial charge in [-0.15, -0.1) is 0 Å². The van der Waals surface area contributed by atoms with Gasteiger partial charge in [-0.3, -0.25) is 4.57 Å². The van der Waals surface area contributed by atoms with E-state index < -0.39 is 11.7 Å². The van der Waals surface area contributed by atoms with Crippen LogP contribution in [0.1, 0.15) is 20.8 Å². The first-order valence-electron chi connectivity index (χ1n) is 7.19. The van der Waals surface area contributed by atoms with Crippen LogP contribution in [0.25, 0.3) is 11.3 Å². The second kappa shape index (κ2) is 7.07. The maximum Gasteiger partial charge on any atom is 0.419 e. The third-order valence-corrected chi connectivity index (χ3v) is 3.85. The molecule has 1 heterocycles. The number of hydrogen-bond acceptors (Lipinski definition) is 4. The van der Waals surface area contributed by atoms with Crippen molar-refractivity contribution in [2.24, 2.45) is 0 Å². The Morgan fingerprint density at radius 2 is 1.83 bits per heavy atom. The predicted octanol–water partition coefficient (Wildman–Crippen LogP) is 5.37. The van der Waals surface area contributed by atoms with Crippen LogP contribution in [0.3, 0.4) is 0 Å². The highest BCUT2D eigenvalue weighted by Crippen LogP contribution is 2.41. The smallest absolute Gasteiger partial charge is 0.419 e. The first-order chi connectivity index (χ1) is 11.2. The molecule has 0 saturated carbocycles. The lowest BCUT2D eigenvalue weighted by atomic mass is 10.1. The SMILES string of the molecule is COc1cc(Cl)c(-c2cc(Br)cn2C(=O)OC(C)(C)C)c(OC)c1. The van der Waals surface area contributed by atoms with Gasteiger partial charge in [0.1, 0.15) is 17.1 Å². The molecule has 0 fully saturated rings. The summed E-state index contributed by atoms with van der Waals surface area (Å²) in [5.41, 5.74) is 0.524. The highest BCUT2D eigenvalue weighted by Gasteiger charge is 2.24. The Balaban J connectivity index is 2.60. The van der Waals surface area contributed by atoms with E-state index in [1.165, 1.54) is 11.7 Å². The summed E-state index contributed by atoms with van der Waals surface area (Å²) in [7, 11) is 3.08. The van der Waals surface area contributed by atoms with Crippen molar-refractivity contribution in [3.63, 3.8) is 0 Å². The number of hydrogen-bond donors (Lipinski definition) is 0. The summed E-state index contributed by atoms with van der Waals surface area (Å²) < 4.78 is 18.2. The molecule has 0 aliphatic rings. The number of aromatic nitrogens is 1. The lowest BCUT2D eigenvalue weighted by Crippen LogP contribution is -2.27. The monoisotopic (exact) mass is 415 g/mol. The van der Waals surface area contributed by atoms with Gasteiger partial charge in [-0.1, -0.05) is 11.6 Å². The molecule has 0 bridgehead atoms. The van der Waals surface area contributed by atoms with E-state index >= 15 is 0 Å². The van der Waals surface area contributed by atoms with E-state index in [1.54, 1.807) is 31.5 Å². The topological polar surface area (TPSA) is 49.7 Å². The number of benzene rings is 1. The fourth-order valence-electron chi connectivity index (χ4n) is 2.17. The number of rotatable bonds is 3. The number of nitrogens with zero attached hydrogens (tertiary/aromatic N) is 1. The zero-order valence-corrected chi connectivity index (χ0v) is 16.5. The van der Waals surface area contributed by atoms with E-state index in [9.17, 15) is 4.79 Å². The molecule has 0 aliphatic heterocycles. The Hall–Kier alpha value is -1.66. The standard InChI is InChI=1S/C17H19BrClNO4/c1-17(2,3)24-16(21)20-9-10(18)6-13(20)15-12(19)7-11(22-4)8-14(15)23-5/h6-9H,1-5H3. The van der Waals surface area contributed by atoms with Crippen LogP contribution in [0.4, 0.5) is 4.79 Å². The van der Waals surface area contributed by atoms with Crippen LogP contribution in [0.2, 0.25) is 5.02 Å². The minimum absolute atomic E-state index is 0.404. The number of ether oxygens (including phenoxy) is 3. The summed E-state index contributed by atoms with van der Waals surface area (Å²) in [6.07, 6.45) is 1.13. The zero-order chi connectivity index (χ0) is 18.1. The summed E-state index contributed by atoms with van der Waals surface area (Å²) in [5.74, 6) is 1.06.